The van der Waals surface area contributed by atoms with Crippen molar-refractivity contribution >= 4 is 24.2 Å². The molecule has 21 heavy (non-hydrogen) atoms. The van der Waals surface area contributed by atoms with Crippen LogP contribution in [0.25, 0.3) is 0 Å². The predicted molar refractivity (Wildman–Crippen MR) is 97.4 cm³/mol. The predicted octanol–water partition coefficient (Wildman–Crippen LogP) is 6.35. The van der Waals surface area contributed by atoms with Gasteiger partial charge in [-0.25, -0.2) is 0 Å². The fourth-order valence-electron chi connectivity index (χ4n) is 2.61. The first-order valence-corrected chi connectivity index (χ1v) is 11.8. The van der Waals surface area contributed by atoms with Crippen LogP contribution in [0.4, 0.5) is 0 Å². The molecule has 0 aromatic heterocycles. The molecule has 0 radical (unpaired) electrons. The van der Waals surface area contributed by atoms with Crippen molar-refractivity contribution in [1.29, 1.82) is 0 Å². The smallest absolute Gasteiger partial charge is 0.191 e. The molecule has 0 saturated heterocycles. The van der Waals surface area contributed by atoms with Crippen LogP contribution in [0.5, 0.6) is 0 Å². The molecule has 1 aliphatic carbocycles. The second-order valence-electron chi connectivity index (χ2n) is 7.87. The molecule has 2 atom stereocenters. The van der Waals surface area contributed by atoms with Crippen LogP contribution in [0.15, 0.2) is 28.7 Å². The van der Waals surface area contributed by atoms with Gasteiger partial charge in [-0.1, -0.05) is 54.9 Å². The maximum Gasteiger partial charge on any atom is 0.191 e. The largest absolute Gasteiger partial charge is 0.417 e. The van der Waals surface area contributed by atoms with E-state index >= 15 is 0 Å². The van der Waals surface area contributed by atoms with Crippen molar-refractivity contribution in [2.45, 2.75) is 64.1 Å². The molecular weight excluding hydrogens is 340 g/mol. The molecule has 0 heterocycles. The first-order valence-electron chi connectivity index (χ1n) is 8.11. The molecule has 2 unspecified atom stereocenters. The van der Waals surface area contributed by atoms with Gasteiger partial charge in [0, 0.05) is 11.1 Å². The van der Waals surface area contributed by atoms with Gasteiger partial charge in [-0.3, -0.25) is 0 Å². The van der Waals surface area contributed by atoms with Crippen LogP contribution in [0, 0.1) is 5.92 Å². The molecular formula is C18H29BrOSi. The molecule has 3 heteroatoms. The third kappa shape index (κ3) is 4.43. The van der Waals surface area contributed by atoms with E-state index in [1.807, 2.05) is 0 Å². The average molecular weight is 369 g/mol. The molecule has 0 bridgehead atoms. The number of benzene rings is 1. The summed E-state index contributed by atoms with van der Waals surface area (Å²) in [4.78, 5) is 0. The second-order valence-corrected chi connectivity index (χ2v) is 13.5. The minimum Gasteiger partial charge on any atom is -0.417 e. The van der Waals surface area contributed by atoms with Gasteiger partial charge in [0.25, 0.3) is 0 Å². The van der Waals surface area contributed by atoms with Gasteiger partial charge in [-0.2, -0.15) is 0 Å². The van der Waals surface area contributed by atoms with Gasteiger partial charge in [-0.05, 0) is 60.9 Å². The van der Waals surface area contributed by atoms with Crippen LogP contribution < -0.4 is 0 Å². The molecule has 1 nitrogen and oxygen atoms in total. The zero-order valence-corrected chi connectivity index (χ0v) is 16.7. The highest BCUT2D eigenvalue weighted by molar-refractivity contribution is 9.10. The summed E-state index contributed by atoms with van der Waals surface area (Å²) in [6.45, 7) is 12.5. The summed E-state index contributed by atoms with van der Waals surface area (Å²) in [7, 11) is -1.55. The van der Waals surface area contributed by atoms with E-state index in [0.717, 1.165) is 18.4 Å². The van der Waals surface area contributed by atoms with Gasteiger partial charge in [0.05, 0.1) is 0 Å². The van der Waals surface area contributed by atoms with Crippen molar-refractivity contribution < 1.29 is 4.43 Å². The number of halogens is 1. The fourth-order valence-corrected chi connectivity index (χ4v) is 4.28. The zero-order valence-electron chi connectivity index (χ0n) is 14.1. The van der Waals surface area contributed by atoms with Crippen LogP contribution in [0.1, 0.15) is 51.5 Å². The topological polar surface area (TPSA) is 9.23 Å². The van der Waals surface area contributed by atoms with Gasteiger partial charge in [-0.15, -0.1) is 0 Å². The van der Waals surface area contributed by atoms with Gasteiger partial charge >= 0.3 is 0 Å². The van der Waals surface area contributed by atoms with E-state index in [2.05, 4.69) is 74.1 Å². The molecule has 2 rings (SSSR count). The van der Waals surface area contributed by atoms with E-state index in [0.29, 0.717) is 5.04 Å². The van der Waals surface area contributed by atoms with E-state index in [1.165, 1.54) is 29.3 Å². The molecule has 0 amide bonds. The quantitative estimate of drug-likeness (QED) is 0.419. The van der Waals surface area contributed by atoms with Crippen LogP contribution in [0.2, 0.25) is 18.1 Å². The van der Waals surface area contributed by atoms with Crippen LogP contribution in [-0.2, 0) is 4.43 Å². The molecule has 0 N–H and O–H groups in total. The lowest BCUT2D eigenvalue weighted by Crippen LogP contribution is -2.40. The highest BCUT2D eigenvalue weighted by Crippen LogP contribution is 2.51. The Kier molecular flexibility index (Phi) is 5.38. The van der Waals surface area contributed by atoms with E-state index in [1.54, 1.807) is 0 Å². The lowest BCUT2D eigenvalue weighted by molar-refractivity contribution is 0.276. The molecule has 1 fully saturated rings. The van der Waals surface area contributed by atoms with E-state index in [9.17, 15) is 0 Å². The number of rotatable bonds is 6. The Balaban J connectivity index is 1.72. The highest BCUT2D eigenvalue weighted by atomic mass is 79.9. The van der Waals surface area contributed by atoms with Crippen molar-refractivity contribution in [3.63, 3.8) is 0 Å². The fraction of sp³-hybridized carbons (Fsp3) is 0.667. The Morgan fingerprint density at radius 1 is 1.24 bits per heavy atom. The molecule has 1 aromatic rings. The summed E-state index contributed by atoms with van der Waals surface area (Å²) >= 11 is 3.67. The molecule has 1 aliphatic rings. The van der Waals surface area contributed by atoms with Crippen LogP contribution in [-0.4, -0.2) is 14.9 Å². The monoisotopic (exact) mass is 368 g/mol. The van der Waals surface area contributed by atoms with Crippen molar-refractivity contribution in [2.24, 2.45) is 5.92 Å². The summed E-state index contributed by atoms with van der Waals surface area (Å²) in [6, 6.07) is 8.67. The molecule has 0 aliphatic heterocycles. The van der Waals surface area contributed by atoms with Gasteiger partial charge in [0.1, 0.15) is 0 Å². The van der Waals surface area contributed by atoms with Crippen molar-refractivity contribution in [1.82, 2.24) is 0 Å². The highest BCUT2D eigenvalue weighted by Gasteiger charge is 2.39. The van der Waals surface area contributed by atoms with Gasteiger partial charge in [0.15, 0.2) is 8.32 Å². The van der Waals surface area contributed by atoms with Crippen molar-refractivity contribution in [3.05, 3.63) is 34.3 Å². The minimum absolute atomic E-state index is 0.323. The first-order chi connectivity index (χ1) is 9.72. The summed E-state index contributed by atoms with van der Waals surface area (Å²) < 4.78 is 7.54. The number of hydrogen-bond donors (Lipinski definition) is 0. The summed E-state index contributed by atoms with van der Waals surface area (Å²) in [5.74, 6) is 1.64. The Labute approximate surface area is 139 Å². The number of hydrogen-bond acceptors (Lipinski definition) is 1. The van der Waals surface area contributed by atoms with Crippen LogP contribution >= 0.6 is 15.9 Å². The van der Waals surface area contributed by atoms with Gasteiger partial charge < -0.3 is 4.43 Å². The Bertz CT molecular complexity index is 478. The SMILES string of the molecule is CC(C)(C)[Si](C)(C)OCCCC1CC1c1ccccc1Br. The summed E-state index contributed by atoms with van der Waals surface area (Å²) in [5, 5.41) is 0.323. The van der Waals surface area contributed by atoms with Crippen LogP contribution in [0.3, 0.4) is 0 Å². The minimum atomic E-state index is -1.55. The average Bonchev–Trinajstić information content (AvgIpc) is 3.13. The third-order valence-corrected chi connectivity index (χ3v) is 10.5. The van der Waals surface area contributed by atoms with E-state index in [4.69, 9.17) is 4.43 Å². The lowest BCUT2D eigenvalue weighted by Gasteiger charge is -2.36. The molecule has 0 spiro atoms. The standard InChI is InChI=1S/C18H29BrOSi/c1-18(2,3)21(4,5)20-12-8-9-14-13-16(14)15-10-6-7-11-17(15)19/h6-7,10-11,14,16H,8-9,12-13H2,1-5H3. The van der Waals surface area contributed by atoms with Gasteiger partial charge in [0.2, 0.25) is 0 Å². The third-order valence-electron chi connectivity index (χ3n) is 5.22. The molecule has 1 aromatic carbocycles. The van der Waals surface area contributed by atoms with E-state index < -0.39 is 8.32 Å². The summed E-state index contributed by atoms with van der Waals surface area (Å²) in [6.07, 6.45) is 3.86. The maximum atomic E-state index is 6.27. The lowest BCUT2D eigenvalue weighted by atomic mass is 10.1. The first kappa shape index (κ1) is 17.2. The van der Waals surface area contributed by atoms with Crippen molar-refractivity contribution in [2.75, 3.05) is 6.61 Å². The maximum absolute atomic E-state index is 6.27. The second kappa shape index (κ2) is 6.55. The van der Waals surface area contributed by atoms with Crippen molar-refractivity contribution in [3.8, 4) is 0 Å². The zero-order chi connectivity index (χ0) is 15.7. The Hall–Kier alpha value is -0.123. The Morgan fingerprint density at radius 3 is 2.52 bits per heavy atom. The molecule has 1 saturated carbocycles. The van der Waals surface area contributed by atoms with E-state index in [-0.39, 0.29) is 0 Å². The normalized spacial score (nSPS) is 22.4. The Morgan fingerprint density at radius 2 is 1.90 bits per heavy atom. The summed E-state index contributed by atoms with van der Waals surface area (Å²) in [5.41, 5.74) is 1.49. The molecule has 118 valence electrons.